The molecule has 0 N–H and O–H groups in total. The van der Waals surface area contributed by atoms with Crippen LogP contribution in [-0.4, -0.2) is 47.3 Å². The molecule has 0 aliphatic carbocycles. The molecule has 24 heavy (non-hydrogen) atoms. The zero-order valence-electron chi connectivity index (χ0n) is 14.2. The predicted molar refractivity (Wildman–Crippen MR) is 81.0 cm³/mol. The zero-order valence-corrected chi connectivity index (χ0v) is 14.2. The van der Waals surface area contributed by atoms with E-state index in [0.29, 0.717) is 0 Å². The number of esters is 2. The maximum absolute atomic E-state index is 11.5. The second-order valence-corrected chi connectivity index (χ2v) is 5.45. The Hall–Kier alpha value is -2.38. The van der Waals surface area contributed by atoms with Gasteiger partial charge in [-0.15, -0.1) is 0 Å². The highest BCUT2D eigenvalue weighted by atomic mass is 16.6. The number of rotatable bonds is 11. The van der Waals surface area contributed by atoms with Gasteiger partial charge < -0.3 is 9.47 Å². The Morgan fingerprint density at radius 3 is 1.21 bits per heavy atom. The van der Waals surface area contributed by atoms with Crippen molar-refractivity contribution < 1.29 is 38.2 Å². The first-order valence-electron chi connectivity index (χ1n) is 7.46. The summed E-state index contributed by atoms with van der Waals surface area (Å²) in [5, 5.41) is 0. The van der Waals surface area contributed by atoms with Crippen LogP contribution < -0.4 is 0 Å². The Balaban J connectivity index is 4.20. The van der Waals surface area contributed by atoms with Gasteiger partial charge in [0.2, 0.25) is 0 Å². The highest BCUT2D eigenvalue weighted by molar-refractivity contribution is 6.01. The molecule has 0 fully saturated rings. The summed E-state index contributed by atoms with van der Waals surface area (Å²) in [6.45, 7) is 5.17. The molecule has 0 aromatic carbocycles. The van der Waals surface area contributed by atoms with Crippen LogP contribution >= 0.6 is 0 Å². The quantitative estimate of drug-likeness (QED) is 0.398. The predicted octanol–water partition coefficient (Wildman–Crippen LogP) is 0.726. The average molecular weight is 342 g/mol. The van der Waals surface area contributed by atoms with Crippen molar-refractivity contribution >= 4 is 35.1 Å². The summed E-state index contributed by atoms with van der Waals surface area (Å²) in [4.78, 5) is 67.7. The Morgan fingerprint density at radius 1 is 0.667 bits per heavy atom. The van der Waals surface area contributed by atoms with E-state index in [1.54, 1.807) is 0 Å². The molecule has 0 saturated heterocycles. The number of carbonyl (C=O) groups is 6. The van der Waals surface area contributed by atoms with Gasteiger partial charge in [-0.1, -0.05) is 0 Å². The van der Waals surface area contributed by atoms with Gasteiger partial charge in [-0.25, -0.2) is 0 Å². The molecule has 0 saturated carbocycles. The van der Waals surface area contributed by atoms with Gasteiger partial charge in [0.25, 0.3) is 0 Å². The molecule has 0 heterocycles. The number of hydrogen-bond donors (Lipinski definition) is 0. The lowest BCUT2D eigenvalue weighted by Gasteiger charge is -2.13. The van der Waals surface area contributed by atoms with Crippen molar-refractivity contribution in [3.05, 3.63) is 0 Å². The van der Waals surface area contributed by atoms with Gasteiger partial charge >= 0.3 is 11.9 Å². The minimum Gasteiger partial charge on any atom is -0.455 e. The summed E-state index contributed by atoms with van der Waals surface area (Å²) in [5.41, 5.74) is 0. The average Bonchev–Trinajstić information content (AvgIpc) is 2.43. The van der Waals surface area contributed by atoms with Crippen LogP contribution in [0.15, 0.2) is 0 Å². The van der Waals surface area contributed by atoms with Crippen LogP contribution in [0.5, 0.6) is 0 Å². The maximum Gasteiger partial charge on any atom is 0.307 e. The molecule has 8 nitrogen and oxygen atoms in total. The largest absolute Gasteiger partial charge is 0.455 e. The highest BCUT2D eigenvalue weighted by Crippen LogP contribution is 2.05. The summed E-state index contributed by atoms with van der Waals surface area (Å²) >= 11 is 0. The van der Waals surface area contributed by atoms with E-state index in [-0.39, 0.29) is 37.2 Å². The molecular weight excluding hydrogens is 320 g/mol. The van der Waals surface area contributed by atoms with Crippen molar-refractivity contribution in [1.82, 2.24) is 0 Å². The van der Waals surface area contributed by atoms with Crippen molar-refractivity contribution in [3.8, 4) is 0 Å². The second kappa shape index (κ2) is 10.4. The van der Waals surface area contributed by atoms with Gasteiger partial charge in [0.05, 0.1) is 25.7 Å². The minimum atomic E-state index is -1.08. The fraction of sp³-hybridized carbons (Fsp3) is 0.625. The number of carbonyl (C=O) groups excluding carboxylic acids is 6. The van der Waals surface area contributed by atoms with Crippen LogP contribution in [0.3, 0.4) is 0 Å². The summed E-state index contributed by atoms with van der Waals surface area (Å²) in [5.74, 6) is -3.31. The standard InChI is InChI=1S/C16H22O8/c1-9(17)7-13(19)11(3)23-15(21)5-6-16(22)24-12(4)14(20)8-10(2)18/h11-12H,5-8H2,1-4H3. The molecule has 0 bridgehead atoms. The van der Waals surface area contributed by atoms with E-state index in [4.69, 9.17) is 9.47 Å². The molecule has 134 valence electrons. The lowest BCUT2D eigenvalue weighted by Crippen LogP contribution is -2.27. The van der Waals surface area contributed by atoms with Crippen molar-refractivity contribution in [2.75, 3.05) is 0 Å². The molecule has 8 heteroatoms. The van der Waals surface area contributed by atoms with Gasteiger partial charge in [0.1, 0.15) is 11.6 Å². The van der Waals surface area contributed by atoms with E-state index in [9.17, 15) is 28.8 Å². The molecular formula is C16H22O8. The number of hydrogen-bond acceptors (Lipinski definition) is 8. The number of ketones is 4. The van der Waals surface area contributed by atoms with Crippen LogP contribution in [-0.2, 0) is 38.2 Å². The van der Waals surface area contributed by atoms with E-state index in [1.165, 1.54) is 27.7 Å². The van der Waals surface area contributed by atoms with Gasteiger partial charge in [-0.3, -0.25) is 28.8 Å². The molecule has 2 unspecified atom stereocenters. The lowest BCUT2D eigenvalue weighted by molar-refractivity contribution is -0.159. The normalized spacial score (nSPS) is 12.7. The van der Waals surface area contributed by atoms with Crippen LogP contribution in [0.25, 0.3) is 0 Å². The smallest absolute Gasteiger partial charge is 0.307 e. The first-order valence-corrected chi connectivity index (χ1v) is 7.46. The van der Waals surface area contributed by atoms with Crippen molar-refractivity contribution in [1.29, 1.82) is 0 Å². The molecule has 0 spiro atoms. The molecule has 0 rings (SSSR count). The second-order valence-electron chi connectivity index (χ2n) is 5.45. The molecule has 0 radical (unpaired) electrons. The fourth-order valence-corrected chi connectivity index (χ4v) is 1.63. The first-order chi connectivity index (χ1) is 11.0. The molecule has 0 aliphatic heterocycles. The van der Waals surface area contributed by atoms with Crippen molar-refractivity contribution in [2.24, 2.45) is 0 Å². The number of ether oxygens (including phenoxy) is 2. The van der Waals surface area contributed by atoms with E-state index >= 15 is 0 Å². The SMILES string of the molecule is CC(=O)CC(=O)C(C)OC(=O)CCC(=O)OC(C)C(=O)CC(C)=O. The molecule has 0 aliphatic rings. The van der Waals surface area contributed by atoms with Crippen LogP contribution in [0.2, 0.25) is 0 Å². The Labute approximate surface area is 139 Å². The topological polar surface area (TPSA) is 121 Å². The third-order valence-corrected chi connectivity index (χ3v) is 2.90. The van der Waals surface area contributed by atoms with E-state index in [1.807, 2.05) is 0 Å². The zero-order chi connectivity index (χ0) is 18.9. The van der Waals surface area contributed by atoms with E-state index in [2.05, 4.69) is 0 Å². The van der Waals surface area contributed by atoms with Gasteiger partial charge in [0.15, 0.2) is 23.8 Å². The van der Waals surface area contributed by atoms with Gasteiger partial charge in [-0.05, 0) is 27.7 Å². The first kappa shape index (κ1) is 21.6. The Bertz CT molecular complexity index is 486. The maximum atomic E-state index is 11.5. The van der Waals surface area contributed by atoms with Crippen LogP contribution in [0.1, 0.15) is 53.4 Å². The van der Waals surface area contributed by atoms with E-state index in [0.717, 1.165) is 0 Å². The van der Waals surface area contributed by atoms with Crippen molar-refractivity contribution in [3.63, 3.8) is 0 Å². The molecule has 2 atom stereocenters. The Morgan fingerprint density at radius 2 is 0.958 bits per heavy atom. The molecule has 0 amide bonds. The minimum absolute atomic E-state index is 0.327. The van der Waals surface area contributed by atoms with Crippen LogP contribution in [0, 0.1) is 0 Å². The Kier molecular flexibility index (Phi) is 9.37. The van der Waals surface area contributed by atoms with Gasteiger partial charge in [0, 0.05) is 0 Å². The molecule has 0 aromatic heterocycles. The summed E-state index contributed by atoms with van der Waals surface area (Å²) < 4.78 is 9.62. The lowest BCUT2D eigenvalue weighted by atomic mass is 10.1. The van der Waals surface area contributed by atoms with Gasteiger partial charge in [-0.2, -0.15) is 0 Å². The highest BCUT2D eigenvalue weighted by Gasteiger charge is 2.22. The summed E-state index contributed by atoms with van der Waals surface area (Å²) in [6.07, 6.45) is -3.46. The van der Waals surface area contributed by atoms with E-state index < -0.39 is 35.7 Å². The third-order valence-electron chi connectivity index (χ3n) is 2.90. The monoisotopic (exact) mass is 342 g/mol. The number of Topliss-reactive ketones (excluding diaryl/α,β-unsaturated/α-hetero) is 4. The fourth-order valence-electron chi connectivity index (χ4n) is 1.63. The van der Waals surface area contributed by atoms with Crippen LogP contribution in [0.4, 0.5) is 0 Å². The summed E-state index contributed by atoms with van der Waals surface area (Å²) in [7, 11) is 0. The van der Waals surface area contributed by atoms with Crippen molar-refractivity contribution in [2.45, 2.75) is 65.6 Å². The summed E-state index contributed by atoms with van der Waals surface area (Å²) in [6, 6.07) is 0. The molecule has 0 aromatic rings. The third kappa shape index (κ3) is 9.60.